The Balaban J connectivity index is 1.41. The zero-order chi connectivity index (χ0) is 17.4. The molecule has 1 unspecified atom stereocenters. The Morgan fingerprint density at radius 1 is 1.36 bits per heavy atom. The van der Waals surface area contributed by atoms with E-state index < -0.39 is 0 Å². The van der Waals surface area contributed by atoms with Crippen molar-refractivity contribution in [2.24, 2.45) is 17.6 Å². The van der Waals surface area contributed by atoms with Gasteiger partial charge in [0.05, 0.1) is 5.39 Å². The fourth-order valence-electron chi connectivity index (χ4n) is 4.51. The lowest BCUT2D eigenvalue weighted by atomic mass is 10.0. The van der Waals surface area contributed by atoms with Crippen LogP contribution in [0.1, 0.15) is 25.7 Å². The number of nitrogens with zero attached hydrogens (tertiary/aromatic N) is 4. The molecule has 1 amide bonds. The van der Waals surface area contributed by atoms with Crippen LogP contribution in [0.5, 0.6) is 0 Å². The van der Waals surface area contributed by atoms with Crippen LogP contribution in [0.25, 0.3) is 11.0 Å². The number of rotatable bonds is 5. The normalized spacial score (nSPS) is 25.5. The molecule has 2 aromatic rings. The van der Waals surface area contributed by atoms with Gasteiger partial charge in [0.2, 0.25) is 5.91 Å². The van der Waals surface area contributed by atoms with Gasteiger partial charge in [0.25, 0.3) is 0 Å². The maximum atomic E-state index is 12.2. The van der Waals surface area contributed by atoms with Crippen molar-refractivity contribution >= 4 is 22.8 Å². The third-order valence-corrected chi connectivity index (χ3v) is 5.89. The molecule has 0 radical (unpaired) electrons. The van der Waals surface area contributed by atoms with Crippen molar-refractivity contribution in [1.29, 1.82) is 0 Å². The third-order valence-electron chi connectivity index (χ3n) is 5.89. The summed E-state index contributed by atoms with van der Waals surface area (Å²) in [5.74, 6) is 2.48. The van der Waals surface area contributed by atoms with E-state index in [4.69, 9.17) is 5.73 Å². The van der Waals surface area contributed by atoms with Crippen LogP contribution in [-0.4, -0.2) is 58.5 Å². The number of carbonyl (C=O) groups is 1. The molecule has 7 nitrogen and oxygen atoms in total. The smallest absolute Gasteiger partial charge is 0.222 e. The molecule has 1 aliphatic heterocycles. The first-order valence-electron chi connectivity index (χ1n) is 9.16. The average molecular weight is 342 g/mol. The Labute approximate surface area is 147 Å². The minimum absolute atomic E-state index is 0.273. The van der Waals surface area contributed by atoms with Crippen molar-refractivity contribution in [3.63, 3.8) is 0 Å². The van der Waals surface area contributed by atoms with E-state index >= 15 is 0 Å². The van der Waals surface area contributed by atoms with E-state index in [1.165, 1.54) is 0 Å². The Hall–Kier alpha value is -2.15. The van der Waals surface area contributed by atoms with Crippen LogP contribution < -0.4 is 10.6 Å². The van der Waals surface area contributed by atoms with Crippen LogP contribution in [0, 0.1) is 11.8 Å². The molecule has 0 bridgehead atoms. The second-order valence-electron chi connectivity index (χ2n) is 7.38. The molecule has 3 heterocycles. The zero-order valence-corrected chi connectivity index (χ0v) is 14.7. The lowest BCUT2D eigenvalue weighted by Crippen LogP contribution is -2.34. The Morgan fingerprint density at radius 3 is 2.84 bits per heavy atom. The summed E-state index contributed by atoms with van der Waals surface area (Å²) >= 11 is 0. The molecule has 134 valence electrons. The van der Waals surface area contributed by atoms with Crippen LogP contribution in [-0.2, 0) is 4.79 Å². The summed E-state index contributed by atoms with van der Waals surface area (Å²) in [5.41, 5.74) is 6.40. The summed E-state index contributed by atoms with van der Waals surface area (Å²) in [5, 5.41) is 1.07. The highest BCUT2D eigenvalue weighted by molar-refractivity contribution is 5.87. The first-order chi connectivity index (χ1) is 12.2. The minimum atomic E-state index is 0.273. The molecule has 7 heteroatoms. The molecule has 3 N–H and O–H groups in total. The van der Waals surface area contributed by atoms with E-state index in [2.05, 4.69) is 31.8 Å². The molecule has 3 atom stereocenters. The molecule has 1 saturated heterocycles. The summed E-state index contributed by atoms with van der Waals surface area (Å²) in [6.45, 7) is 2.40. The van der Waals surface area contributed by atoms with Gasteiger partial charge in [-0.05, 0) is 43.7 Å². The number of fused-ring (bicyclic) bond motifs is 2. The molecule has 2 aliphatic rings. The van der Waals surface area contributed by atoms with Crippen molar-refractivity contribution in [1.82, 2.24) is 19.9 Å². The van der Waals surface area contributed by atoms with Crippen molar-refractivity contribution in [3.8, 4) is 0 Å². The lowest BCUT2D eigenvalue weighted by Gasteiger charge is -2.28. The first-order valence-corrected chi connectivity index (χ1v) is 9.16. The lowest BCUT2D eigenvalue weighted by molar-refractivity contribution is -0.130. The highest BCUT2D eigenvalue weighted by Crippen LogP contribution is 2.41. The van der Waals surface area contributed by atoms with E-state index in [9.17, 15) is 4.79 Å². The molecule has 4 rings (SSSR count). The van der Waals surface area contributed by atoms with Crippen LogP contribution >= 0.6 is 0 Å². The summed E-state index contributed by atoms with van der Waals surface area (Å²) in [6, 6.07) is 2.51. The van der Waals surface area contributed by atoms with Crippen LogP contribution in [0.3, 0.4) is 0 Å². The van der Waals surface area contributed by atoms with Gasteiger partial charge < -0.3 is 20.5 Å². The predicted octanol–water partition coefficient (Wildman–Crippen LogP) is 1.37. The van der Waals surface area contributed by atoms with Gasteiger partial charge in [-0.15, -0.1) is 0 Å². The Bertz CT molecular complexity index is 745. The molecular weight excluding hydrogens is 316 g/mol. The minimum Gasteiger partial charge on any atom is -0.356 e. The summed E-state index contributed by atoms with van der Waals surface area (Å²) < 4.78 is 0. The number of likely N-dealkylation sites (tertiary alicyclic amines) is 1. The molecule has 0 aromatic carbocycles. The van der Waals surface area contributed by atoms with E-state index in [0.29, 0.717) is 30.8 Å². The highest BCUT2D eigenvalue weighted by atomic mass is 16.2. The van der Waals surface area contributed by atoms with Gasteiger partial charge in [0.15, 0.2) is 0 Å². The van der Waals surface area contributed by atoms with E-state index in [-0.39, 0.29) is 5.91 Å². The van der Waals surface area contributed by atoms with Gasteiger partial charge in [0.1, 0.15) is 17.8 Å². The number of aromatic amines is 1. The van der Waals surface area contributed by atoms with Crippen molar-refractivity contribution < 1.29 is 4.79 Å². The van der Waals surface area contributed by atoms with Gasteiger partial charge >= 0.3 is 0 Å². The monoisotopic (exact) mass is 342 g/mol. The van der Waals surface area contributed by atoms with E-state index in [1.807, 2.05) is 12.3 Å². The van der Waals surface area contributed by atoms with Gasteiger partial charge in [-0.3, -0.25) is 4.79 Å². The molecule has 0 spiro atoms. The number of carbonyl (C=O) groups excluding carboxylic acids is 1. The largest absolute Gasteiger partial charge is 0.356 e. The predicted molar refractivity (Wildman–Crippen MR) is 97.2 cm³/mol. The highest BCUT2D eigenvalue weighted by Gasteiger charge is 2.43. The average Bonchev–Trinajstić information content (AvgIpc) is 3.31. The number of H-pyrrole nitrogens is 1. The third kappa shape index (κ3) is 2.97. The van der Waals surface area contributed by atoms with Gasteiger partial charge in [-0.2, -0.15) is 0 Å². The quantitative estimate of drug-likeness (QED) is 0.856. The molecule has 2 aromatic heterocycles. The number of nitrogens with two attached hydrogens (primary N) is 1. The van der Waals surface area contributed by atoms with Crippen LogP contribution in [0.2, 0.25) is 0 Å². The Morgan fingerprint density at radius 2 is 2.12 bits per heavy atom. The second kappa shape index (κ2) is 6.63. The van der Waals surface area contributed by atoms with Crippen LogP contribution in [0.15, 0.2) is 18.6 Å². The number of aromatic nitrogens is 3. The first kappa shape index (κ1) is 16.3. The molecular formula is C18H26N6O. The zero-order valence-electron chi connectivity index (χ0n) is 14.7. The molecule has 25 heavy (non-hydrogen) atoms. The molecule has 1 aliphatic carbocycles. The van der Waals surface area contributed by atoms with E-state index in [1.54, 1.807) is 6.33 Å². The standard InChI is InChI=1S/C18H26N6O/c1-23(18-15-4-6-20-17(15)21-11-22-18)14-7-12-9-24(10-13(12)8-14)16(25)3-2-5-19/h4,6,11-14H,2-3,5,7-10,19H2,1H3,(H,20,21,22)/t12-,13+,14?. The fraction of sp³-hybridized carbons (Fsp3) is 0.611. The maximum Gasteiger partial charge on any atom is 0.222 e. The van der Waals surface area contributed by atoms with Crippen molar-refractivity contribution in [2.75, 3.05) is 31.6 Å². The van der Waals surface area contributed by atoms with Gasteiger partial charge in [0, 0.05) is 38.8 Å². The molecule has 2 fully saturated rings. The Kier molecular flexibility index (Phi) is 4.33. The second-order valence-corrected chi connectivity index (χ2v) is 7.38. The van der Waals surface area contributed by atoms with Crippen molar-refractivity contribution in [2.45, 2.75) is 31.7 Å². The summed E-state index contributed by atoms with van der Waals surface area (Å²) in [7, 11) is 2.13. The number of nitrogens with one attached hydrogen (secondary N) is 1. The topological polar surface area (TPSA) is 91.1 Å². The van der Waals surface area contributed by atoms with Crippen LogP contribution in [0.4, 0.5) is 5.82 Å². The fourth-order valence-corrected chi connectivity index (χ4v) is 4.51. The molecule has 1 saturated carbocycles. The number of hydrogen-bond acceptors (Lipinski definition) is 5. The number of hydrogen-bond donors (Lipinski definition) is 2. The van der Waals surface area contributed by atoms with Gasteiger partial charge in [-0.1, -0.05) is 0 Å². The van der Waals surface area contributed by atoms with Crippen molar-refractivity contribution in [3.05, 3.63) is 18.6 Å². The SMILES string of the molecule is CN(c1ncnc2[nH]ccc12)C1C[C@@H]2CN(C(=O)CCCN)C[C@@H]2C1. The number of amides is 1. The van der Waals surface area contributed by atoms with Gasteiger partial charge in [-0.25, -0.2) is 9.97 Å². The summed E-state index contributed by atoms with van der Waals surface area (Å²) in [6.07, 6.45) is 7.15. The maximum absolute atomic E-state index is 12.2. The number of anilines is 1. The summed E-state index contributed by atoms with van der Waals surface area (Å²) in [4.78, 5) is 28.5. The van der Waals surface area contributed by atoms with E-state index in [0.717, 1.165) is 49.2 Å².